The number of benzene rings is 1. The summed E-state index contributed by atoms with van der Waals surface area (Å²) in [4.78, 5) is -0.0250. The lowest BCUT2D eigenvalue weighted by molar-refractivity contribution is 0.391. The Morgan fingerprint density at radius 2 is 1.96 bits per heavy atom. The summed E-state index contributed by atoms with van der Waals surface area (Å²) < 4.78 is 42.8. The number of methoxy groups -OCH3 is 2. The summed E-state index contributed by atoms with van der Waals surface area (Å²) in [6, 6.07) is 4.52. The van der Waals surface area contributed by atoms with E-state index in [1.165, 1.54) is 26.4 Å². The summed E-state index contributed by atoms with van der Waals surface area (Å²) in [5.41, 5.74) is 0. The second-order valence-electron chi connectivity index (χ2n) is 5.03. The summed E-state index contributed by atoms with van der Waals surface area (Å²) in [7, 11) is -0.975. The van der Waals surface area contributed by atoms with E-state index in [0.717, 1.165) is 0 Å². The molecule has 2 aromatic rings. The van der Waals surface area contributed by atoms with Gasteiger partial charge in [-0.3, -0.25) is 0 Å². The van der Waals surface area contributed by atoms with Gasteiger partial charge in [0, 0.05) is 12.0 Å². The predicted octanol–water partition coefficient (Wildman–Crippen LogP) is 1.69. The summed E-state index contributed by atoms with van der Waals surface area (Å²) in [6.45, 7) is 3.70. The zero-order valence-electron chi connectivity index (χ0n) is 13.4. The van der Waals surface area contributed by atoms with E-state index in [9.17, 15) is 8.42 Å². The lowest BCUT2D eigenvalue weighted by Crippen LogP contribution is -2.24. The Bertz CT molecular complexity index is 770. The Hall–Kier alpha value is -2.13. The molecule has 9 heteroatoms. The van der Waals surface area contributed by atoms with E-state index < -0.39 is 10.0 Å². The molecule has 1 aromatic carbocycles. The predicted molar refractivity (Wildman–Crippen MR) is 82.0 cm³/mol. The number of ether oxygens (including phenoxy) is 2. The van der Waals surface area contributed by atoms with Gasteiger partial charge >= 0.3 is 0 Å². The Balaban J connectivity index is 2.21. The van der Waals surface area contributed by atoms with E-state index in [1.807, 2.05) is 13.8 Å². The molecule has 0 bridgehead atoms. The third-order valence-corrected chi connectivity index (χ3v) is 4.47. The van der Waals surface area contributed by atoms with Crippen LogP contribution < -0.4 is 14.2 Å². The molecule has 8 nitrogen and oxygen atoms in total. The molecule has 0 saturated heterocycles. The van der Waals surface area contributed by atoms with Crippen LogP contribution in [0.1, 0.15) is 31.5 Å². The molecule has 0 spiro atoms. The van der Waals surface area contributed by atoms with Crippen LogP contribution >= 0.6 is 0 Å². The van der Waals surface area contributed by atoms with Gasteiger partial charge in [-0.15, -0.1) is 10.2 Å². The van der Waals surface area contributed by atoms with Crippen LogP contribution in [0.2, 0.25) is 0 Å². The summed E-state index contributed by atoms with van der Waals surface area (Å²) in [6.07, 6.45) is 0. The molecule has 23 heavy (non-hydrogen) atoms. The smallest absolute Gasteiger partial charge is 0.244 e. The van der Waals surface area contributed by atoms with Crippen LogP contribution in [0.3, 0.4) is 0 Å². The molecule has 126 valence electrons. The fourth-order valence-corrected chi connectivity index (χ4v) is 2.96. The van der Waals surface area contributed by atoms with Gasteiger partial charge in [0.05, 0.1) is 20.8 Å². The number of rotatable bonds is 7. The average Bonchev–Trinajstić information content (AvgIpc) is 3.01. The number of nitrogens with one attached hydrogen (secondary N) is 1. The molecule has 0 fully saturated rings. The number of sulfonamides is 1. The largest absolute Gasteiger partial charge is 0.497 e. The minimum Gasteiger partial charge on any atom is -0.497 e. The van der Waals surface area contributed by atoms with Crippen molar-refractivity contribution in [1.29, 1.82) is 0 Å². The van der Waals surface area contributed by atoms with Crippen LogP contribution in [0.25, 0.3) is 0 Å². The van der Waals surface area contributed by atoms with Crippen molar-refractivity contribution in [2.45, 2.75) is 31.2 Å². The first-order valence-electron chi connectivity index (χ1n) is 6.91. The fourth-order valence-electron chi connectivity index (χ4n) is 1.80. The van der Waals surface area contributed by atoms with Crippen molar-refractivity contribution < 1.29 is 22.3 Å². The van der Waals surface area contributed by atoms with Crippen molar-refractivity contribution in [3.8, 4) is 11.5 Å². The molecular formula is C14H19N3O5S. The van der Waals surface area contributed by atoms with Crippen LogP contribution in [0.4, 0.5) is 0 Å². The Labute approximate surface area is 134 Å². The summed E-state index contributed by atoms with van der Waals surface area (Å²) in [5, 5.41) is 7.66. The summed E-state index contributed by atoms with van der Waals surface area (Å²) in [5.74, 6) is 1.35. The number of hydrogen-bond acceptors (Lipinski definition) is 7. The minimum atomic E-state index is -3.83. The quantitative estimate of drug-likeness (QED) is 0.817. The van der Waals surface area contributed by atoms with Crippen molar-refractivity contribution in [2.24, 2.45) is 0 Å². The first kappa shape index (κ1) is 17.2. The fraction of sp³-hybridized carbons (Fsp3) is 0.429. The van der Waals surface area contributed by atoms with E-state index in [1.54, 1.807) is 6.07 Å². The minimum absolute atomic E-state index is 0.0250. The van der Waals surface area contributed by atoms with Crippen molar-refractivity contribution in [1.82, 2.24) is 14.9 Å². The van der Waals surface area contributed by atoms with E-state index >= 15 is 0 Å². The zero-order chi connectivity index (χ0) is 17.0. The van der Waals surface area contributed by atoms with Crippen molar-refractivity contribution in [3.05, 3.63) is 30.0 Å². The van der Waals surface area contributed by atoms with Gasteiger partial charge in [0.1, 0.15) is 16.4 Å². The Morgan fingerprint density at radius 3 is 2.52 bits per heavy atom. The molecule has 1 heterocycles. The Morgan fingerprint density at radius 1 is 1.22 bits per heavy atom. The van der Waals surface area contributed by atoms with Crippen molar-refractivity contribution in [3.63, 3.8) is 0 Å². The molecule has 0 atom stereocenters. The van der Waals surface area contributed by atoms with Gasteiger partial charge in [-0.25, -0.2) is 13.1 Å². The maximum atomic E-state index is 12.5. The molecule has 0 unspecified atom stereocenters. The van der Waals surface area contributed by atoms with Gasteiger partial charge in [0.2, 0.25) is 21.8 Å². The van der Waals surface area contributed by atoms with Crippen LogP contribution in [-0.4, -0.2) is 32.8 Å². The molecule has 1 aromatic heterocycles. The molecular weight excluding hydrogens is 322 g/mol. The molecule has 0 aliphatic heterocycles. The van der Waals surface area contributed by atoms with Gasteiger partial charge in [0.15, 0.2) is 0 Å². The highest BCUT2D eigenvalue weighted by Crippen LogP contribution is 2.28. The number of hydrogen-bond donors (Lipinski definition) is 1. The first-order valence-corrected chi connectivity index (χ1v) is 8.39. The van der Waals surface area contributed by atoms with Gasteiger partial charge in [-0.1, -0.05) is 13.8 Å². The SMILES string of the molecule is COc1ccc(OC)c(S(=O)(=O)NCc2nnc(C(C)C)o2)c1. The van der Waals surface area contributed by atoms with E-state index in [2.05, 4.69) is 14.9 Å². The van der Waals surface area contributed by atoms with Gasteiger partial charge in [-0.05, 0) is 12.1 Å². The van der Waals surface area contributed by atoms with Crippen molar-refractivity contribution >= 4 is 10.0 Å². The van der Waals surface area contributed by atoms with Crippen LogP contribution in [-0.2, 0) is 16.6 Å². The Kier molecular flexibility index (Phi) is 5.22. The molecule has 0 radical (unpaired) electrons. The maximum absolute atomic E-state index is 12.5. The molecule has 0 saturated carbocycles. The lowest BCUT2D eigenvalue weighted by Gasteiger charge is -2.11. The monoisotopic (exact) mass is 341 g/mol. The maximum Gasteiger partial charge on any atom is 0.244 e. The average molecular weight is 341 g/mol. The molecule has 0 aliphatic carbocycles. The van der Waals surface area contributed by atoms with Gasteiger partial charge in [0.25, 0.3) is 0 Å². The van der Waals surface area contributed by atoms with E-state index in [-0.39, 0.29) is 29.0 Å². The van der Waals surface area contributed by atoms with Gasteiger partial charge < -0.3 is 13.9 Å². The molecule has 1 N–H and O–H groups in total. The first-order chi connectivity index (χ1) is 10.9. The molecule has 0 amide bonds. The molecule has 2 rings (SSSR count). The highest BCUT2D eigenvalue weighted by atomic mass is 32.2. The standard InChI is InChI=1S/C14H19N3O5S/c1-9(2)14-17-16-13(22-14)8-15-23(18,19)12-7-10(20-3)5-6-11(12)21-4/h5-7,9,15H,8H2,1-4H3. The zero-order valence-corrected chi connectivity index (χ0v) is 14.2. The van der Waals surface area contributed by atoms with Crippen molar-refractivity contribution in [2.75, 3.05) is 14.2 Å². The lowest BCUT2D eigenvalue weighted by atomic mass is 10.2. The van der Waals surface area contributed by atoms with Crippen LogP contribution in [0.15, 0.2) is 27.5 Å². The second-order valence-corrected chi connectivity index (χ2v) is 6.77. The number of nitrogens with zero attached hydrogens (tertiary/aromatic N) is 2. The number of aromatic nitrogens is 2. The highest BCUT2D eigenvalue weighted by Gasteiger charge is 2.21. The summed E-state index contributed by atoms with van der Waals surface area (Å²) >= 11 is 0. The second kappa shape index (κ2) is 6.97. The van der Waals surface area contributed by atoms with E-state index in [0.29, 0.717) is 11.6 Å². The highest BCUT2D eigenvalue weighted by molar-refractivity contribution is 7.89. The van der Waals surface area contributed by atoms with E-state index in [4.69, 9.17) is 13.9 Å². The van der Waals surface area contributed by atoms with Crippen LogP contribution in [0.5, 0.6) is 11.5 Å². The third-order valence-electron chi connectivity index (χ3n) is 3.05. The third kappa shape index (κ3) is 3.99. The normalized spacial score (nSPS) is 11.7. The van der Waals surface area contributed by atoms with Gasteiger partial charge in [-0.2, -0.15) is 0 Å². The molecule has 0 aliphatic rings. The topological polar surface area (TPSA) is 104 Å². The van der Waals surface area contributed by atoms with Crippen LogP contribution in [0, 0.1) is 0 Å².